The van der Waals surface area contributed by atoms with Gasteiger partial charge in [-0.05, 0) is 51.3 Å². The first kappa shape index (κ1) is 15.2. The highest BCUT2D eigenvalue weighted by molar-refractivity contribution is 5.69. The molecule has 2 rings (SSSR count). The van der Waals surface area contributed by atoms with Gasteiger partial charge < -0.3 is 14.8 Å². The summed E-state index contributed by atoms with van der Waals surface area (Å²) >= 11 is 0. The van der Waals surface area contributed by atoms with Crippen molar-refractivity contribution in [3.63, 3.8) is 0 Å². The van der Waals surface area contributed by atoms with Crippen molar-refractivity contribution in [1.82, 2.24) is 5.32 Å². The second kappa shape index (κ2) is 5.65. The van der Waals surface area contributed by atoms with E-state index in [0.29, 0.717) is 11.3 Å². The van der Waals surface area contributed by atoms with Crippen LogP contribution < -0.4 is 10.1 Å². The summed E-state index contributed by atoms with van der Waals surface area (Å²) in [6.07, 6.45) is 1.15. The number of nitriles is 1. The third-order valence-corrected chi connectivity index (χ3v) is 3.32. The van der Waals surface area contributed by atoms with Crippen molar-refractivity contribution in [2.45, 2.75) is 45.3 Å². The highest BCUT2D eigenvalue weighted by Gasteiger charge is 2.29. The molecule has 5 heteroatoms. The van der Waals surface area contributed by atoms with E-state index in [9.17, 15) is 4.79 Å². The lowest BCUT2D eigenvalue weighted by molar-refractivity contribution is 0.0503. The molecule has 112 valence electrons. The first-order chi connectivity index (χ1) is 9.84. The molecule has 1 aliphatic rings. The van der Waals surface area contributed by atoms with Gasteiger partial charge in [0, 0.05) is 5.56 Å². The van der Waals surface area contributed by atoms with Gasteiger partial charge in [-0.15, -0.1) is 0 Å². The number of alkyl carbamates (subject to hydrolysis) is 1. The fourth-order valence-corrected chi connectivity index (χ4v) is 2.56. The quantitative estimate of drug-likeness (QED) is 0.907. The maximum Gasteiger partial charge on any atom is 0.408 e. The highest BCUT2D eigenvalue weighted by Crippen LogP contribution is 2.39. The number of hydrogen-bond donors (Lipinski definition) is 1. The minimum absolute atomic E-state index is 0.141. The number of rotatable bonds is 2. The van der Waals surface area contributed by atoms with Crippen LogP contribution in [0.1, 0.15) is 49.9 Å². The molecule has 0 spiro atoms. The van der Waals surface area contributed by atoms with Gasteiger partial charge in [0.15, 0.2) is 0 Å². The molecule has 0 heterocycles. The predicted molar refractivity (Wildman–Crippen MR) is 78.1 cm³/mol. The lowest BCUT2D eigenvalue weighted by atomic mass is 10.0. The van der Waals surface area contributed by atoms with Crippen LogP contribution in [0.4, 0.5) is 4.79 Å². The van der Waals surface area contributed by atoms with E-state index in [4.69, 9.17) is 14.7 Å². The predicted octanol–water partition coefficient (Wildman–Crippen LogP) is 3.08. The second-order valence-corrected chi connectivity index (χ2v) is 6.10. The number of amides is 1. The Morgan fingerprint density at radius 2 is 2.14 bits per heavy atom. The van der Waals surface area contributed by atoms with Crippen LogP contribution in [0.15, 0.2) is 12.1 Å². The van der Waals surface area contributed by atoms with Crippen LogP contribution in [-0.4, -0.2) is 18.8 Å². The van der Waals surface area contributed by atoms with Crippen molar-refractivity contribution in [3.05, 3.63) is 28.8 Å². The van der Waals surface area contributed by atoms with Crippen molar-refractivity contribution in [2.24, 2.45) is 0 Å². The molecule has 0 aromatic heterocycles. The van der Waals surface area contributed by atoms with Gasteiger partial charge in [0.25, 0.3) is 0 Å². The Morgan fingerprint density at radius 1 is 1.43 bits per heavy atom. The molecule has 0 bridgehead atoms. The van der Waals surface area contributed by atoms with Gasteiger partial charge in [-0.1, -0.05) is 0 Å². The zero-order valence-corrected chi connectivity index (χ0v) is 12.8. The van der Waals surface area contributed by atoms with Gasteiger partial charge in [0.05, 0.1) is 24.8 Å². The van der Waals surface area contributed by atoms with Crippen LogP contribution in [0, 0.1) is 11.3 Å². The van der Waals surface area contributed by atoms with Gasteiger partial charge in [-0.3, -0.25) is 0 Å². The molecule has 1 aromatic rings. The van der Waals surface area contributed by atoms with E-state index in [0.717, 1.165) is 24.0 Å². The molecule has 0 saturated heterocycles. The minimum Gasteiger partial charge on any atom is -0.496 e. The Morgan fingerprint density at radius 3 is 2.71 bits per heavy atom. The van der Waals surface area contributed by atoms with E-state index in [-0.39, 0.29) is 6.04 Å². The van der Waals surface area contributed by atoms with Crippen molar-refractivity contribution in [3.8, 4) is 11.8 Å². The lowest BCUT2D eigenvalue weighted by Gasteiger charge is -2.22. The van der Waals surface area contributed by atoms with Crippen LogP contribution in [-0.2, 0) is 11.2 Å². The van der Waals surface area contributed by atoms with Gasteiger partial charge in [-0.2, -0.15) is 5.26 Å². The average Bonchev–Trinajstić information content (AvgIpc) is 2.78. The van der Waals surface area contributed by atoms with Crippen molar-refractivity contribution in [1.29, 1.82) is 5.26 Å². The fourth-order valence-electron chi connectivity index (χ4n) is 2.56. The molecule has 21 heavy (non-hydrogen) atoms. The molecule has 1 N–H and O–H groups in total. The van der Waals surface area contributed by atoms with Gasteiger partial charge in [0.2, 0.25) is 0 Å². The number of benzene rings is 1. The molecule has 1 aliphatic carbocycles. The van der Waals surface area contributed by atoms with E-state index >= 15 is 0 Å². The van der Waals surface area contributed by atoms with Gasteiger partial charge in [-0.25, -0.2) is 4.79 Å². The van der Waals surface area contributed by atoms with Crippen LogP contribution in [0.3, 0.4) is 0 Å². The average molecular weight is 288 g/mol. The minimum atomic E-state index is -0.528. The zero-order valence-electron chi connectivity index (χ0n) is 12.8. The summed E-state index contributed by atoms with van der Waals surface area (Å²) in [7, 11) is 1.57. The zero-order chi connectivity index (χ0) is 15.6. The molecule has 0 saturated carbocycles. The number of aryl methyl sites for hydroxylation is 1. The third kappa shape index (κ3) is 3.46. The summed E-state index contributed by atoms with van der Waals surface area (Å²) in [6, 6.07) is 5.54. The molecular weight excluding hydrogens is 268 g/mol. The molecule has 0 fully saturated rings. The van der Waals surface area contributed by atoms with Crippen LogP contribution in [0.25, 0.3) is 0 Å². The molecule has 0 radical (unpaired) electrons. The molecule has 1 amide bonds. The summed E-state index contributed by atoms with van der Waals surface area (Å²) in [5.41, 5.74) is 2.04. The van der Waals surface area contributed by atoms with Gasteiger partial charge in [0.1, 0.15) is 11.4 Å². The first-order valence-electron chi connectivity index (χ1n) is 6.94. The molecule has 5 nitrogen and oxygen atoms in total. The van der Waals surface area contributed by atoms with Crippen LogP contribution in [0.2, 0.25) is 0 Å². The number of carbonyl (C=O) groups is 1. The Labute approximate surface area is 124 Å². The van der Waals surface area contributed by atoms with Crippen LogP contribution in [0.5, 0.6) is 5.75 Å². The largest absolute Gasteiger partial charge is 0.496 e. The SMILES string of the molecule is COc1cc(C#N)cc2c1[C@H](NC(=O)OC(C)(C)C)CC2. The van der Waals surface area contributed by atoms with E-state index in [2.05, 4.69) is 11.4 Å². The Hall–Kier alpha value is -2.22. The summed E-state index contributed by atoms with van der Waals surface area (Å²) in [4.78, 5) is 11.9. The summed E-state index contributed by atoms with van der Waals surface area (Å²) in [6.45, 7) is 5.48. The first-order valence-corrected chi connectivity index (χ1v) is 6.94. The molecular formula is C16H20N2O3. The maximum absolute atomic E-state index is 11.9. The number of hydrogen-bond acceptors (Lipinski definition) is 4. The Bertz CT molecular complexity index is 597. The van der Waals surface area contributed by atoms with Gasteiger partial charge >= 0.3 is 6.09 Å². The normalized spacial score (nSPS) is 16.8. The number of nitrogens with one attached hydrogen (secondary N) is 1. The summed E-state index contributed by atoms with van der Waals surface area (Å²) in [5.74, 6) is 0.641. The summed E-state index contributed by atoms with van der Waals surface area (Å²) < 4.78 is 10.7. The Kier molecular flexibility index (Phi) is 4.08. The molecule has 1 atom stereocenters. The number of ether oxygens (including phenoxy) is 2. The van der Waals surface area contributed by atoms with Crippen molar-refractivity contribution in [2.75, 3.05) is 7.11 Å². The topological polar surface area (TPSA) is 71.3 Å². The van der Waals surface area contributed by atoms with Crippen LogP contribution >= 0.6 is 0 Å². The molecule has 1 aromatic carbocycles. The monoisotopic (exact) mass is 288 g/mol. The molecule has 0 aliphatic heterocycles. The standard InChI is InChI=1S/C16H20N2O3/c1-16(2,3)21-15(19)18-12-6-5-11-7-10(9-17)8-13(20-4)14(11)12/h7-8,12H,5-6H2,1-4H3,(H,18,19)/t12-/m1/s1. The number of nitrogens with zero attached hydrogens (tertiary/aromatic N) is 1. The number of carbonyl (C=O) groups excluding carboxylic acids is 1. The van der Waals surface area contributed by atoms with E-state index in [1.165, 1.54) is 0 Å². The third-order valence-electron chi connectivity index (χ3n) is 3.32. The highest BCUT2D eigenvalue weighted by atomic mass is 16.6. The Balaban J connectivity index is 2.22. The summed E-state index contributed by atoms with van der Waals surface area (Å²) in [5, 5.41) is 11.9. The van der Waals surface area contributed by atoms with E-state index < -0.39 is 11.7 Å². The number of fused-ring (bicyclic) bond motifs is 1. The van der Waals surface area contributed by atoms with Crippen molar-refractivity contribution < 1.29 is 14.3 Å². The van der Waals surface area contributed by atoms with Crippen molar-refractivity contribution >= 4 is 6.09 Å². The second-order valence-electron chi connectivity index (χ2n) is 6.10. The maximum atomic E-state index is 11.9. The molecule has 0 unspecified atom stereocenters. The fraction of sp³-hybridized carbons (Fsp3) is 0.500. The smallest absolute Gasteiger partial charge is 0.408 e. The number of methoxy groups -OCH3 is 1. The van der Waals surface area contributed by atoms with E-state index in [1.807, 2.05) is 26.8 Å². The van der Waals surface area contributed by atoms with E-state index in [1.54, 1.807) is 13.2 Å². The lowest BCUT2D eigenvalue weighted by Crippen LogP contribution is -2.34.